The largest absolute Gasteiger partial charge is 0.303 e. The number of rotatable bonds is 5. The lowest BCUT2D eigenvalue weighted by Crippen LogP contribution is -1.88. The summed E-state index contributed by atoms with van der Waals surface area (Å²) in [5.74, 6) is 0. The van der Waals surface area contributed by atoms with Gasteiger partial charge >= 0.3 is 0 Å². The molecule has 0 aromatic heterocycles. The average molecular weight is 138 g/mol. The van der Waals surface area contributed by atoms with E-state index in [9.17, 15) is 9.59 Å². The topological polar surface area (TPSA) is 34.1 Å². The molecule has 0 saturated heterocycles. The minimum Gasteiger partial charge on any atom is -0.303 e. The first-order valence-electron chi connectivity index (χ1n) is 2.95. The summed E-state index contributed by atoms with van der Waals surface area (Å²) >= 11 is 0. The molecule has 0 aromatic rings. The SMILES string of the molecule is C=C(CC=O)C(=C)CC=O. The molecule has 54 valence electrons. The Kier molecular flexibility index (Phi) is 4.12. The summed E-state index contributed by atoms with van der Waals surface area (Å²) in [7, 11) is 0. The van der Waals surface area contributed by atoms with Gasteiger partial charge in [0.2, 0.25) is 0 Å². The van der Waals surface area contributed by atoms with Crippen LogP contribution in [0.1, 0.15) is 12.8 Å². The molecule has 0 saturated carbocycles. The number of aldehydes is 2. The monoisotopic (exact) mass is 138 g/mol. The van der Waals surface area contributed by atoms with E-state index in [0.29, 0.717) is 11.1 Å². The van der Waals surface area contributed by atoms with Crippen molar-refractivity contribution in [3.8, 4) is 0 Å². The fourth-order valence-corrected chi connectivity index (χ4v) is 0.490. The van der Waals surface area contributed by atoms with Crippen molar-refractivity contribution in [2.45, 2.75) is 12.8 Å². The van der Waals surface area contributed by atoms with E-state index in [4.69, 9.17) is 0 Å². The molecule has 10 heavy (non-hydrogen) atoms. The van der Waals surface area contributed by atoms with Gasteiger partial charge in [0.1, 0.15) is 12.6 Å². The molecular weight excluding hydrogens is 128 g/mol. The maximum Gasteiger partial charge on any atom is 0.124 e. The Labute approximate surface area is 60.2 Å². The zero-order valence-electron chi connectivity index (χ0n) is 5.80. The van der Waals surface area contributed by atoms with Gasteiger partial charge in [-0.2, -0.15) is 0 Å². The Morgan fingerprint density at radius 1 is 1.00 bits per heavy atom. The minimum atomic E-state index is 0.271. The Hall–Kier alpha value is -1.18. The lowest BCUT2D eigenvalue weighted by Gasteiger charge is -1.99. The van der Waals surface area contributed by atoms with Crippen LogP contribution in [0.15, 0.2) is 24.3 Å². The molecule has 0 aliphatic heterocycles. The summed E-state index contributed by atoms with van der Waals surface area (Å²) in [5, 5.41) is 0. The first kappa shape index (κ1) is 8.82. The van der Waals surface area contributed by atoms with Crippen LogP contribution >= 0.6 is 0 Å². The summed E-state index contributed by atoms with van der Waals surface area (Å²) in [6.07, 6.45) is 2.04. The molecule has 0 atom stereocenters. The van der Waals surface area contributed by atoms with Crippen LogP contribution in [0.25, 0.3) is 0 Å². The van der Waals surface area contributed by atoms with Crippen molar-refractivity contribution in [2.75, 3.05) is 0 Å². The summed E-state index contributed by atoms with van der Waals surface area (Å²) in [4.78, 5) is 19.9. The highest BCUT2D eigenvalue weighted by Gasteiger charge is 1.96. The van der Waals surface area contributed by atoms with Crippen LogP contribution < -0.4 is 0 Å². The highest BCUT2D eigenvalue weighted by Crippen LogP contribution is 2.09. The quantitative estimate of drug-likeness (QED) is 0.423. The normalized spacial score (nSPS) is 8.40. The number of carbonyl (C=O) groups excluding carboxylic acids is 2. The molecular formula is C8H10O2. The van der Waals surface area contributed by atoms with Crippen LogP contribution in [0, 0.1) is 0 Å². The van der Waals surface area contributed by atoms with E-state index >= 15 is 0 Å². The zero-order valence-corrected chi connectivity index (χ0v) is 5.80. The number of hydrogen-bond donors (Lipinski definition) is 0. The van der Waals surface area contributed by atoms with Gasteiger partial charge in [-0.25, -0.2) is 0 Å². The Balaban J connectivity index is 3.81. The van der Waals surface area contributed by atoms with Crippen LogP contribution in [0.3, 0.4) is 0 Å². The number of hydrogen-bond acceptors (Lipinski definition) is 2. The van der Waals surface area contributed by atoms with Crippen molar-refractivity contribution >= 4 is 12.6 Å². The van der Waals surface area contributed by atoms with Crippen molar-refractivity contribution in [1.82, 2.24) is 0 Å². The average Bonchev–Trinajstić information content (AvgIpc) is 1.89. The second kappa shape index (κ2) is 4.68. The van der Waals surface area contributed by atoms with Gasteiger partial charge in [-0.3, -0.25) is 0 Å². The third kappa shape index (κ3) is 2.97. The van der Waals surface area contributed by atoms with E-state index in [2.05, 4.69) is 13.2 Å². The lowest BCUT2D eigenvalue weighted by molar-refractivity contribution is -0.108. The standard InChI is InChI=1S/C8H10O2/c1-7(3-5-9)8(2)4-6-10/h5-6H,1-4H2. The van der Waals surface area contributed by atoms with Crippen molar-refractivity contribution < 1.29 is 9.59 Å². The maximum atomic E-state index is 9.93. The van der Waals surface area contributed by atoms with Gasteiger partial charge in [-0.15, -0.1) is 0 Å². The molecule has 0 aliphatic rings. The number of allylic oxidation sites excluding steroid dienone is 2. The predicted molar refractivity (Wildman–Crippen MR) is 39.6 cm³/mol. The van der Waals surface area contributed by atoms with E-state index in [1.807, 2.05) is 0 Å². The van der Waals surface area contributed by atoms with E-state index in [1.54, 1.807) is 0 Å². The van der Waals surface area contributed by atoms with Gasteiger partial charge in [-0.05, 0) is 11.1 Å². The predicted octanol–water partition coefficient (Wildman–Crippen LogP) is 1.28. The van der Waals surface area contributed by atoms with Crippen molar-refractivity contribution in [2.24, 2.45) is 0 Å². The fourth-order valence-electron chi connectivity index (χ4n) is 0.490. The molecule has 0 spiro atoms. The second-order valence-electron chi connectivity index (χ2n) is 1.95. The first-order chi connectivity index (χ1) is 4.72. The third-order valence-corrected chi connectivity index (χ3v) is 1.16. The van der Waals surface area contributed by atoms with E-state index in [1.165, 1.54) is 0 Å². The second-order valence-corrected chi connectivity index (χ2v) is 1.95. The first-order valence-corrected chi connectivity index (χ1v) is 2.95. The molecule has 0 bridgehead atoms. The van der Waals surface area contributed by atoms with Crippen molar-refractivity contribution in [3.63, 3.8) is 0 Å². The smallest absolute Gasteiger partial charge is 0.124 e. The summed E-state index contributed by atoms with van der Waals surface area (Å²) in [6.45, 7) is 7.15. The highest BCUT2D eigenvalue weighted by atomic mass is 16.1. The molecule has 0 aliphatic carbocycles. The van der Waals surface area contributed by atoms with E-state index in [0.717, 1.165) is 12.6 Å². The minimum absolute atomic E-state index is 0.271. The molecule has 0 radical (unpaired) electrons. The number of carbonyl (C=O) groups is 2. The maximum absolute atomic E-state index is 9.93. The van der Waals surface area contributed by atoms with Crippen molar-refractivity contribution in [3.05, 3.63) is 24.3 Å². The molecule has 0 fully saturated rings. The summed E-state index contributed by atoms with van der Waals surface area (Å²) in [5.41, 5.74) is 1.28. The molecule has 2 heteroatoms. The summed E-state index contributed by atoms with van der Waals surface area (Å²) in [6, 6.07) is 0. The van der Waals surface area contributed by atoms with Gasteiger partial charge < -0.3 is 9.59 Å². The lowest BCUT2D eigenvalue weighted by atomic mass is 10.1. The third-order valence-electron chi connectivity index (χ3n) is 1.16. The molecule has 0 heterocycles. The molecule has 0 rings (SSSR count). The molecule has 0 unspecified atom stereocenters. The van der Waals surface area contributed by atoms with Gasteiger partial charge in [0.05, 0.1) is 0 Å². The molecule has 0 aromatic carbocycles. The van der Waals surface area contributed by atoms with Crippen LogP contribution in [0.4, 0.5) is 0 Å². The van der Waals surface area contributed by atoms with Gasteiger partial charge in [0.25, 0.3) is 0 Å². The molecule has 2 nitrogen and oxygen atoms in total. The van der Waals surface area contributed by atoms with E-state index in [-0.39, 0.29) is 12.8 Å². The van der Waals surface area contributed by atoms with Gasteiger partial charge in [-0.1, -0.05) is 13.2 Å². The van der Waals surface area contributed by atoms with E-state index < -0.39 is 0 Å². The molecule has 0 N–H and O–H groups in total. The zero-order chi connectivity index (χ0) is 7.98. The van der Waals surface area contributed by atoms with Crippen LogP contribution in [-0.4, -0.2) is 12.6 Å². The van der Waals surface area contributed by atoms with Crippen LogP contribution in [-0.2, 0) is 9.59 Å². The highest BCUT2D eigenvalue weighted by molar-refractivity contribution is 5.62. The van der Waals surface area contributed by atoms with Gasteiger partial charge in [0, 0.05) is 12.8 Å². The van der Waals surface area contributed by atoms with Crippen molar-refractivity contribution in [1.29, 1.82) is 0 Å². The van der Waals surface area contributed by atoms with Crippen LogP contribution in [0.2, 0.25) is 0 Å². The fraction of sp³-hybridized carbons (Fsp3) is 0.250. The van der Waals surface area contributed by atoms with Crippen LogP contribution in [0.5, 0.6) is 0 Å². The molecule has 0 amide bonds. The Bertz CT molecular complexity index is 148. The van der Waals surface area contributed by atoms with Gasteiger partial charge in [0.15, 0.2) is 0 Å². The summed E-state index contributed by atoms with van der Waals surface area (Å²) < 4.78 is 0. The Morgan fingerprint density at radius 3 is 1.50 bits per heavy atom. The Morgan fingerprint density at radius 2 is 1.30 bits per heavy atom.